The van der Waals surface area contributed by atoms with Gasteiger partial charge < -0.3 is 4.98 Å². The standard InChI is InChI=1S/C19H19N3OS2/c1-12-4-7-16(13(2)10-12)21-18-15(6-5-14(3)25-18)11-24-19-20-9-8-17(23)22-19/h4,7-11H,3,5-6H2,1-2H3,(H,20,22,23)/b15-11+,21-18?. The lowest BCUT2D eigenvalue weighted by atomic mass is 10.1. The van der Waals surface area contributed by atoms with Crippen LogP contribution in [0.3, 0.4) is 0 Å². The van der Waals surface area contributed by atoms with Crippen molar-refractivity contribution in [1.82, 2.24) is 9.97 Å². The van der Waals surface area contributed by atoms with Gasteiger partial charge in [-0.25, -0.2) is 9.98 Å². The van der Waals surface area contributed by atoms with Crippen molar-refractivity contribution < 1.29 is 0 Å². The summed E-state index contributed by atoms with van der Waals surface area (Å²) in [6, 6.07) is 7.67. The predicted octanol–water partition coefficient (Wildman–Crippen LogP) is 5.13. The SMILES string of the molecule is C=C1CC/C(=C\Sc2nccc(=O)[nH]2)C(=Nc2ccc(C)cc2C)S1. The Bertz CT molecular complexity index is 928. The number of aliphatic imine (C=N–C) groups is 1. The molecule has 0 radical (unpaired) electrons. The Morgan fingerprint density at radius 1 is 1.32 bits per heavy atom. The van der Waals surface area contributed by atoms with E-state index in [2.05, 4.69) is 48.6 Å². The fourth-order valence-electron chi connectivity index (χ4n) is 2.42. The minimum Gasteiger partial charge on any atom is -0.301 e. The number of nitrogens with zero attached hydrogens (tertiary/aromatic N) is 2. The van der Waals surface area contributed by atoms with Crippen LogP contribution in [0.5, 0.6) is 0 Å². The van der Waals surface area contributed by atoms with Gasteiger partial charge in [-0.05, 0) is 54.2 Å². The van der Waals surface area contributed by atoms with Crippen LogP contribution in [0, 0.1) is 13.8 Å². The average molecular weight is 370 g/mol. The van der Waals surface area contributed by atoms with E-state index in [1.54, 1.807) is 11.8 Å². The number of allylic oxidation sites excluding steroid dienone is 1. The summed E-state index contributed by atoms with van der Waals surface area (Å²) in [4.78, 5) is 24.3. The highest BCUT2D eigenvalue weighted by atomic mass is 32.2. The maximum absolute atomic E-state index is 11.4. The molecule has 2 aromatic rings. The number of benzene rings is 1. The van der Waals surface area contributed by atoms with Crippen LogP contribution in [0.2, 0.25) is 0 Å². The van der Waals surface area contributed by atoms with E-state index < -0.39 is 0 Å². The summed E-state index contributed by atoms with van der Waals surface area (Å²) in [6.45, 7) is 8.25. The molecule has 3 rings (SSSR count). The van der Waals surface area contributed by atoms with Gasteiger partial charge in [0.05, 0.1) is 5.69 Å². The van der Waals surface area contributed by atoms with Gasteiger partial charge >= 0.3 is 0 Å². The lowest BCUT2D eigenvalue weighted by Gasteiger charge is -2.18. The average Bonchev–Trinajstić information content (AvgIpc) is 2.57. The molecule has 0 atom stereocenters. The molecule has 1 aliphatic rings. The van der Waals surface area contributed by atoms with Crippen molar-refractivity contribution in [2.24, 2.45) is 4.99 Å². The molecule has 128 valence electrons. The molecule has 0 unspecified atom stereocenters. The topological polar surface area (TPSA) is 58.1 Å². The Kier molecular flexibility index (Phi) is 5.60. The number of rotatable bonds is 3. The molecule has 0 bridgehead atoms. The minimum absolute atomic E-state index is 0.147. The van der Waals surface area contributed by atoms with Crippen molar-refractivity contribution in [3.05, 3.63) is 74.4 Å². The van der Waals surface area contributed by atoms with Gasteiger partial charge in [-0.3, -0.25) is 4.79 Å². The number of nitrogens with one attached hydrogen (secondary N) is 1. The second kappa shape index (κ2) is 7.89. The van der Waals surface area contributed by atoms with Gasteiger partial charge in [0.15, 0.2) is 5.16 Å². The molecule has 1 aliphatic heterocycles. The maximum atomic E-state index is 11.4. The molecule has 25 heavy (non-hydrogen) atoms. The van der Waals surface area contributed by atoms with Crippen molar-refractivity contribution in [2.75, 3.05) is 0 Å². The first-order valence-electron chi connectivity index (χ1n) is 7.94. The molecule has 2 heterocycles. The Hall–Kier alpha value is -2.05. The first kappa shape index (κ1) is 17.8. The van der Waals surface area contributed by atoms with Crippen molar-refractivity contribution in [2.45, 2.75) is 31.8 Å². The largest absolute Gasteiger partial charge is 0.301 e. The van der Waals surface area contributed by atoms with Crippen LogP contribution >= 0.6 is 23.5 Å². The van der Waals surface area contributed by atoms with Gasteiger partial charge in [-0.2, -0.15) is 0 Å². The molecule has 1 fully saturated rings. The summed E-state index contributed by atoms with van der Waals surface area (Å²) in [7, 11) is 0. The molecule has 0 amide bonds. The van der Waals surface area contributed by atoms with Crippen LogP contribution in [0.25, 0.3) is 0 Å². The Morgan fingerprint density at radius 3 is 2.92 bits per heavy atom. The Morgan fingerprint density at radius 2 is 2.16 bits per heavy atom. The van der Waals surface area contributed by atoms with Crippen molar-refractivity contribution in [3.8, 4) is 0 Å². The number of aromatic amines is 1. The molecule has 1 N–H and O–H groups in total. The summed E-state index contributed by atoms with van der Waals surface area (Å²) in [5.41, 5.74) is 4.36. The van der Waals surface area contributed by atoms with Gasteiger partial charge in [0.25, 0.3) is 5.56 Å². The highest BCUT2D eigenvalue weighted by molar-refractivity contribution is 8.17. The van der Waals surface area contributed by atoms with Crippen LogP contribution in [0.1, 0.15) is 24.0 Å². The minimum atomic E-state index is -0.147. The fraction of sp³-hybridized carbons (Fsp3) is 0.211. The number of hydrogen-bond acceptors (Lipinski definition) is 5. The number of aromatic nitrogens is 2. The number of thioether (sulfide) groups is 2. The summed E-state index contributed by atoms with van der Waals surface area (Å²) in [5, 5.41) is 3.58. The summed E-state index contributed by atoms with van der Waals surface area (Å²) in [5.74, 6) is 0. The van der Waals surface area contributed by atoms with E-state index >= 15 is 0 Å². The van der Waals surface area contributed by atoms with Crippen LogP contribution < -0.4 is 5.56 Å². The van der Waals surface area contributed by atoms with E-state index in [0.717, 1.165) is 39.6 Å². The summed E-state index contributed by atoms with van der Waals surface area (Å²) >= 11 is 3.03. The third kappa shape index (κ3) is 4.74. The molecule has 1 aromatic heterocycles. The third-order valence-corrected chi connectivity index (χ3v) is 5.60. The third-order valence-electron chi connectivity index (χ3n) is 3.72. The second-order valence-corrected chi connectivity index (χ2v) is 7.87. The maximum Gasteiger partial charge on any atom is 0.251 e. The zero-order valence-electron chi connectivity index (χ0n) is 14.2. The lowest BCUT2D eigenvalue weighted by molar-refractivity contribution is 0.940. The van der Waals surface area contributed by atoms with Gasteiger partial charge in [0, 0.05) is 12.3 Å². The lowest BCUT2D eigenvalue weighted by Crippen LogP contribution is -2.06. The van der Waals surface area contributed by atoms with Gasteiger partial charge in [-0.1, -0.05) is 47.8 Å². The smallest absolute Gasteiger partial charge is 0.251 e. The van der Waals surface area contributed by atoms with E-state index in [-0.39, 0.29) is 5.56 Å². The van der Waals surface area contributed by atoms with E-state index in [1.165, 1.54) is 29.6 Å². The quantitative estimate of drug-likeness (QED) is 0.601. The van der Waals surface area contributed by atoms with Crippen LogP contribution in [0.4, 0.5) is 5.69 Å². The van der Waals surface area contributed by atoms with Crippen molar-refractivity contribution >= 4 is 34.3 Å². The van der Waals surface area contributed by atoms with E-state index in [4.69, 9.17) is 4.99 Å². The van der Waals surface area contributed by atoms with Crippen molar-refractivity contribution in [3.63, 3.8) is 0 Å². The number of hydrogen-bond donors (Lipinski definition) is 1. The second-order valence-electron chi connectivity index (χ2n) is 5.85. The zero-order valence-corrected chi connectivity index (χ0v) is 15.8. The predicted molar refractivity (Wildman–Crippen MR) is 108 cm³/mol. The molecule has 6 heteroatoms. The first-order chi connectivity index (χ1) is 12.0. The number of H-pyrrole nitrogens is 1. The fourth-order valence-corrected chi connectivity index (χ4v) is 4.17. The summed E-state index contributed by atoms with van der Waals surface area (Å²) < 4.78 is 0. The molecule has 0 spiro atoms. The molecule has 4 nitrogen and oxygen atoms in total. The summed E-state index contributed by atoms with van der Waals surface area (Å²) in [6.07, 6.45) is 3.34. The van der Waals surface area contributed by atoms with Crippen LogP contribution in [0.15, 0.2) is 67.9 Å². The van der Waals surface area contributed by atoms with Crippen LogP contribution in [-0.4, -0.2) is 15.0 Å². The number of aryl methyl sites for hydroxylation is 2. The van der Waals surface area contributed by atoms with E-state index in [9.17, 15) is 4.79 Å². The zero-order chi connectivity index (χ0) is 17.8. The molecular weight excluding hydrogens is 350 g/mol. The highest BCUT2D eigenvalue weighted by Crippen LogP contribution is 2.37. The Balaban J connectivity index is 1.90. The van der Waals surface area contributed by atoms with Gasteiger partial charge in [-0.15, -0.1) is 0 Å². The van der Waals surface area contributed by atoms with E-state index in [1.807, 2.05) is 5.41 Å². The molecule has 1 aromatic carbocycles. The van der Waals surface area contributed by atoms with E-state index in [0.29, 0.717) is 5.16 Å². The van der Waals surface area contributed by atoms with Gasteiger partial charge in [0.1, 0.15) is 5.04 Å². The molecule has 0 saturated carbocycles. The Labute approximate surface area is 155 Å². The van der Waals surface area contributed by atoms with Gasteiger partial charge in [0.2, 0.25) is 0 Å². The normalized spacial score (nSPS) is 18.1. The van der Waals surface area contributed by atoms with Crippen molar-refractivity contribution in [1.29, 1.82) is 0 Å². The molecule has 1 saturated heterocycles. The molecular formula is C19H19N3OS2. The highest BCUT2D eigenvalue weighted by Gasteiger charge is 2.17. The monoisotopic (exact) mass is 369 g/mol. The molecule has 0 aliphatic carbocycles. The van der Waals surface area contributed by atoms with Crippen LogP contribution in [-0.2, 0) is 0 Å². The first-order valence-corrected chi connectivity index (χ1v) is 9.64.